The number of hydrogen-bond acceptors (Lipinski definition) is 2. The maximum Gasteiger partial charge on any atom is 0.422 e. The lowest BCUT2D eigenvalue weighted by Gasteiger charge is -2.20. The molecule has 0 heterocycles. The number of ether oxygens (including phenoxy) is 1. The first-order valence-corrected chi connectivity index (χ1v) is 10.1. The fraction of sp³-hybridized carbons (Fsp3) is 0.435. The standard InChI is InChI=1S/C23H26ClF3O3/c1-13(2)9-19(22(28)29)17-10-18(16-7-5-15(6-8-16)14(3)4)21(20(24)11-17)30-12-23(25,26)27/h5-8,10-11,13-14,19H,9,12H2,1-4H3,(H,28,29). The summed E-state index contributed by atoms with van der Waals surface area (Å²) in [5.74, 6) is -1.54. The minimum absolute atomic E-state index is 0.0466. The van der Waals surface area contributed by atoms with E-state index >= 15 is 0 Å². The van der Waals surface area contributed by atoms with Crippen molar-refractivity contribution in [1.82, 2.24) is 0 Å². The summed E-state index contributed by atoms with van der Waals surface area (Å²) in [4.78, 5) is 11.8. The number of carboxylic acid groups (broad SMARTS) is 1. The van der Waals surface area contributed by atoms with E-state index in [2.05, 4.69) is 0 Å². The molecule has 1 N–H and O–H groups in total. The molecule has 3 nitrogen and oxygen atoms in total. The molecule has 0 saturated carbocycles. The van der Waals surface area contributed by atoms with Gasteiger partial charge in [-0.25, -0.2) is 0 Å². The Balaban J connectivity index is 2.60. The molecular weight excluding hydrogens is 417 g/mol. The van der Waals surface area contributed by atoms with E-state index in [1.54, 1.807) is 18.2 Å². The lowest BCUT2D eigenvalue weighted by molar-refractivity contribution is -0.153. The first-order valence-electron chi connectivity index (χ1n) is 9.75. The van der Waals surface area contributed by atoms with E-state index in [1.165, 1.54) is 6.07 Å². The molecule has 1 unspecified atom stereocenters. The Kier molecular flexibility index (Phi) is 7.81. The van der Waals surface area contributed by atoms with Crippen LogP contribution in [0, 0.1) is 5.92 Å². The summed E-state index contributed by atoms with van der Waals surface area (Å²) < 4.78 is 43.3. The fourth-order valence-corrected chi connectivity index (χ4v) is 3.51. The Hall–Kier alpha value is -2.21. The van der Waals surface area contributed by atoms with Crippen LogP contribution in [0.3, 0.4) is 0 Å². The van der Waals surface area contributed by atoms with Gasteiger partial charge in [0.1, 0.15) is 5.75 Å². The van der Waals surface area contributed by atoms with Crippen molar-refractivity contribution in [2.45, 2.75) is 52.1 Å². The number of halogens is 4. The van der Waals surface area contributed by atoms with E-state index in [4.69, 9.17) is 16.3 Å². The van der Waals surface area contributed by atoms with Gasteiger partial charge in [-0.15, -0.1) is 0 Å². The highest BCUT2D eigenvalue weighted by atomic mass is 35.5. The molecule has 0 spiro atoms. The van der Waals surface area contributed by atoms with Crippen molar-refractivity contribution in [3.63, 3.8) is 0 Å². The van der Waals surface area contributed by atoms with E-state index in [9.17, 15) is 23.1 Å². The molecule has 0 aliphatic heterocycles. The average molecular weight is 443 g/mol. The van der Waals surface area contributed by atoms with E-state index in [0.29, 0.717) is 23.1 Å². The van der Waals surface area contributed by atoms with Gasteiger partial charge >= 0.3 is 12.1 Å². The van der Waals surface area contributed by atoms with Crippen LogP contribution in [0.15, 0.2) is 36.4 Å². The largest absolute Gasteiger partial charge is 0.482 e. The molecular formula is C23H26ClF3O3. The highest BCUT2D eigenvalue weighted by Gasteiger charge is 2.30. The van der Waals surface area contributed by atoms with Crippen LogP contribution < -0.4 is 4.74 Å². The molecule has 0 saturated heterocycles. The lowest BCUT2D eigenvalue weighted by atomic mass is 9.88. The summed E-state index contributed by atoms with van der Waals surface area (Å²) in [7, 11) is 0. The SMILES string of the molecule is CC(C)CC(C(=O)O)c1cc(Cl)c(OCC(F)(F)F)c(-c2ccc(C(C)C)cc2)c1. The quantitative estimate of drug-likeness (QED) is 0.467. The Labute approximate surface area is 179 Å². The molecule has 2 aromatic carbocycles. The van der Waals surface area contributed by atoms with Gasteiger partial charge in [-0.1, -0.05) is 63.6 Å². The summed E-state index contributed by atoms with van der Waals surface area (Å²) >= 11 is 6.30. The van der Waals surface area contributed by atoms with Crippen molar-refractivity contribution in [1.29, 1.82) is 0 Å². The van der Waals surface area contributed by atoms with Crippen molar-refractivity contribution in [2.24, 2.45) is 5.92 Å². The van der Waals surface area contributed by atoms with E-state index in [0.717, 1.165) is 5.56 Å². The van der Waals surface area contributed by atoms with Gasteiger partial charge < -0.3 is 9.84 Å². The van der Waals surface area contributed by atoms with Crippen LogP contribution in [0.25, 0.3) is 11.1 Å². The van der Waals surface area contributed by atoms with Crippen molar-refractivity contribution < 1.29 is 27.8 Å². The number of benzene rings is 2. The molecule has 7 heteroatoms. The zero-order valence-corrected chi connectivity index (χ0v) is 18.1. The van der Waals surface area contributed by atoms with Gasteiger partial charge in [0.05, 0.1) is 10.9 Å². The lowest BCUT2D eigenvalue weighted by Crippen LogP contribution is -2.20. The van der Waals surface area contributed by atoms with Crippen LogP contribution in [0.4, 0.5) is 13.2 Å². The molecule has 0 aliphatic carbocycles. The van der Waals surface area contributed by atoms with Gasteiger partial charge in [-0.2, -0.15) is 13.2 Å². The predicted octanol–water partition coefficient (Wildman–Crippen LogP) is 7.29. The van der Waals surface area contributed by atoms with Crippen LogP contribution in [-0.2, 0) is 4.79 Å². The highest BCUT2D eigenvalue weighted by Crippen LogP contribution is 2.41. The monoisotopic (exact) mass is 442 g/mol. The zero-order chi connectivity index (χ0) is 22.6. The third-order valence-electron chi connectivity index (χ3n) is 4.74. The van der Waals surface area contributed by atoms with Crippen LogP contribution in [0.5, 0.6) is 5.75 Å². The van der Waals surface area contributed by atoms with Crippen molar-refractivity contribution in [2.75, 3.05) is 6.61 Å². The van der Waals surface area contributed by atoms with Gasteiger partial charge in [0, 0.05) is 5.56 Å². The minimum atomic E-state index is -4.53. The first-order chi connectivity index (χ1) is 13.9. The summed E-state index contributed by atoms with van der Waals surface area (Å²) in [6, 6.07) is 10.3. The molecule has 2 rings (SSSR count). The number of aliphatic carboxylic acids is 1. The summed E-state index contributed by atoms with van der Waals surface area (Å²) in [5.41, 5.74) is 2.45. The van der Waals surface area contributed by atoms with Crippen molar-refractivity contribution in [3.05, 3.63) is 52.5 Å². The van der Waals surface area contributed by atoms with Crippen LogP contribution >= 0.6 is 11.6 Å². The predicted molar refractivity (Wildman–Crippen MR) is 112 cm³/mol. The molecule has 0 aromatic heterocycles. The topological polar surface area (TPSA) is 46.5 Å². The maximum absolute atomic E-state index is 12.8. The smallest absolute Gasteiger partial charge is 0.422 e. The molecule has 0 amide bonds. The number of carboxylic acids is 1. The van der Waals surface area contributed by atoms with Crippen LogP contribution in [0.1, 0.15) is 57.1 Å². The molecule has 0 fully saturated rings. The first kappa shape index (κ1) is 24.1. The second-order valence-corrected chi connectivity index (χ2v) is 8.49. The number of hydrogen-bond donors (Lipinski definition) is 1. The van der Waals surface area contributed by atoms with E-state index < -0.39 is 24.7 Å². The molecule has 0 radical (unpaired) electrons. The van der Waals surface area contributed by atoms with E-state index in [1.807, 2.05) is 39.8 Å². The molecule has 164 valence electrons. The molecule has 0 bridgehead atoms. The third-order valence-corrected chi connectivity index (χ3v) is 5.02. The van der Waals surface area contributed by atoms with Gasteiger partial charge in [0.2, 0.25) is 0 Å². The normalized spacial score (nSPS) is 13.0. The second kappa shape index (κ2) is 9.73. The number of carbonyl (C=O) groups is 1. The Morgan fingerprint density at radius 3 is 2.13 bits per heavy atom. The number of rotatable bonds is 8. The van der Waals surface area contributed by atoms with E-state index in [-0.39, 0.29) is 22.6 Å². The average Bonchev–Trinajstić information content (AvgIpc) is 2.63. The summed E-state index contributed by atoms with van der Waals surface area (Å²) in [5, 5.41) is 9.64. The van der Waals surface area contributed by atoms with Crippen LogP contribution in [-0.4, -0.2) is 23.9 Å². The fourth-order valence-electron chi connectivity index (χ4n) is 3.23. The molecule has 30 heavy (non-hydrogen) atoms. The van der Waals surface area contributed by atoms with Crippen molar-refractivity contribution >= 4 is 17.6 Å². The Morgan fingerprint density at radius 1 is 1.07 bits per heavy atom. The van der Waals surface area contributed by atoms with Gasteiger partial charge in [0.25, 0.3) is 0 Å². The Morgan fingerprint density at radius 2 is 1.67 bits per heavy atom. The second-order valence-electron chi connectivity index (χ2n) is 8.08. The molecule has 2 aromatic rings. The van der Waals surface area contributed by atoms with Gasteiger partial charge in [-0.05, 0) is 47.1 Å². The molecule has 1 atom stereocenters. The molecule has 0 aliphatic rings. The van der Waals surface area contributed by atoms with Crippen molar-refractivity contribution in [3.8, 4) is 16.9 Å². The number of alkyl halides is 3. The summed E-state index contributed by atoms with van der Waals surface area (Å²) in [6.45, 7) is 6.40. The highest BCUT2D eigenvalue weighted by molar-refractivity contribution is 6.32. The minimum Gasteiger partial charge on any atom is -0.482 e. The zero-order valence-electron chi connectivity index (χ0n) is 17.4. The summed E-state index contributed by atoms with van der Waals surface area (Å²) in [6.07, 6.45) is -4.15. The van der Waals surface area contributed by atoms with Gasteiger partial charge in [-0.3, -0.25) is 4.79 Å². The Bertz CT molecular complexity index is 874. The van der Waals surface area contributed by atoms with Gasteiger partial charge in [0.15, 0.2) is 6.61 Å². The van der Waals surface area contributed by atoms with Crippen LogP contribution in [0.2, 0.25) is 5.02 Å². The maximum atomic E-state index is 12.8. The third kappa shape index (κ3) is 6.39.